The Bertz CT molecular complexity index is 1140. The van der Waals surface area contributed by atoms with E-state index in [9.17, 15) is 14.9 Å². The average molecular weight is 402 g/mol. The Kier molecular flexibility index (Phi) is 5.94. The lowest BCUT2D eigenvalue weighted by Gasteiger charge is -2.16. The Morgan fingerprint density at radius 3 is 2.67 bits per heavy atom. The van der Waals surface area contributed by atoms with Gasteiger partial charge in [-0.15, -0.1) is 0 Å². The van der Waals surface area contributed by atoms with Crippen molar-refractivity contribution in [1.82, 2.24) is 5.43 Å². The number of rotatable bonds is 4. The molecule has 0 spiro atoms. The topological polar surface area (TPSA) is 127 Å². The number of Topliss-reactive ketones (excluding diaryl/α,β-unsaturated/α-hetero) is 1. The number of nitrogens with two attached hydrogens (primary N) is 1. The molecule has 2 aromatic rings. The van der Waals surface area contributed by atoms with Crippen LogP contribution in [0.15, 0.2) is 70.7 Å². The summed E-state index contributed by atoms with van der Waals surface area (Å²) in [6.07, 6.45) is 2.52. The molecule has 150 valence electrons. The fourth-order valence-corrected chi connectivity index (χ4v) is 2.69. The minimum absolute atomic E-state index is 0.163. The van der Waals surface area contributed by atoms with E-state index in [0.717, 1.165) is 17.2 Å². The predicted octanol–water partition coefficient (Wildman–Crippen LogP) is 2.35. The number of nitrogens with one attached hydrogen (secondary N) is 1. The summed E-state index contributed by atoms with van der Waals surface area (Å²) in [5, 5.41) is 13.3. The second-order valence-corrected chi connectivity index (χ2v) is 6.35. The SMILES string of the molecule is COc1ccc(/C=N/NC(=O)C2=C(\N)Oc3ccc(C)cc3C(=O)/C(C#N)=C\2)cc1. The molecule has 0 saturated carbocycles. The number of nitriles is 1. The Balaban J connectivity index is 1.87. The van der Waals surface area contributed by atoms with Crippen LogP contribution < -0.4 is 20.6 Å². The first-order valence-corrected chi connectivity index (χ1v) is 8.85. The number of amides is 1. The Morgan fingerprint density at radius 2 is 2.00 bits per heavy atom. The van der Waals surface area contributed by atoms with E-state index < -0.39 is 11.7 Å². The Morgan fingerprint density at radius 1 is 1.27 bits per heavy atom. The van der Waals surface area contributed by atoms with Gasteiger partial charge >= 0.3 is 0 Å². The molecule has 1 aliphatic rings. The first-order valence-electron chi connectivity index (χ1n) is 8.85. The summed E-state index contributed by atoms with van der Waals surface area (Å²) < 4.78 is 10.6. The predicted molar refractivity (Wildman–Crippen MR) is 110 cm³/mol. The number of hydrazone groups is 1. The van der Waals surface area contributed by atoms with Crippen LogP contribution in [-0.2, 0) is 4.79 Å². The highest BCUT2D eigenvalue weighted by Crippen LogP contribution is 2.27. The molecule has 1 heterocycles. The number of methoxy groups -OCH3 is 1. The van der Waals surface area contributed by atoms with Crippen LogP contribution in [0.3, 0.4) is 0 Å². The van der Waals surface area contributed by atoms with Crippen LogP contribution in [0.25, 0.3) is 0 Å². The van der Waals surface area contributed by atoms with E-state index in [1.165, 1.54) is 6.21 Å². The zero-order chi connectivity index (χ0) is 21.7. The molecule has 0 aliphatic carbocycles. The van der Waals surface area contributed by atoms with Crippen molar-refractivity contribution in [3.8, 4) is 17.6 Å². The maximum atomic E-state index is 12.7. The Hall–Kier alpha value is -4.38. The third-order valence-corrected chi connectivity index (χ3v) is 4.26. The molecule has 3 N–H and O–H groups in total. The number of nitrogens with zero attached hydrogens (tertiary/aromatic N) is 2. The number of ketones is 1. The van der Waals surface area contributed by atoms with Crippen LogP contribution >= 0.6 is 0 Å². The number of fused-ring (bicyclic) bond motifs is 1. The number of allylic oxidation sites excluding steroid dienone is 1. The van der Waals surface area contributed by atoms with E-state index in [1.807, 2.05) is 6.07 Å². The maximum Gasteiger partial charge on any atom is 0.276 e. The monoisotopic (exact) mass is 402 g/mol. The smallest absolute Gasteiger partial charge is 0.276 e. The molecule has 0 atom stereocenters. The van der Waals surface area contributed by atoms with Gasteiger partial charge in [-0.3, -0.25) is 9.59 Å². The molecule has 0 unspecified atom stereocenters. The number of carbonyl (C=O) groups excluding carboxylic acids is 2. The lowest BCUT2D eigenvalue weighted by molar-refractivity contribution is -0.117. The lowest BCUT2D eigenvalue weighted by atomic mass is 9.98. The number of hydrogen-bond donors (Lipinski definition) is 2. The number of hydrogen-bond acceptors (Lipinski definition) is 7. The average Bonchev–Trinajstić information content (AvgIpc) is 2.74. The van der Waals surface area contributed by atoms with Gasteiger partial charge in [0.25, 0.3) is 5.91 Å². The lowest BCUT2D eigenvalue weighted by Crippen LogP contribution is -2.26. The molecule has 1 amide bonds. The van der Waals surface area contributed by atoms with Crippen molar-refractivity contribution in [2.24, 2.45) is 10.8 Å². The van der Waals surface area contributed by atoms with Crippen molar-refractivity contribution in [2.45, 2.75) is 6.92 Å². The third kappa shape index (κ3) is 4.36. The van der Waals surface area contributed by atoms with Crippen molar-refractivity contribution < 1.29 is 19.1 Å². The second-order valence-electron chi connectivity index (χ2n) is 6.35. The van der Waals surface area contributed by atoms with Crippen LogP contribution in [0.5, 0.6) is 11.5 Å². The van der Waals surface area contributed by atoms with Gasteiger partial charge in [0.1, 0.15) is 28.7 Å². The van der Waals surface area contributed by atoms with Gasteiger partial charge < -0.3 is 15.2 Å². The van der Waals surface area contributed by atoms with Crippen molar-refractivity contribution in [2.75, 3.05) is 7.11 Å². The number of carbonyl (C=O) groups is 2. The van der Waals surface area contributed by atoms with E-state index in [0.29, 0.717) is 5.75 Å². The van der Waals surface area contributed by atoms with Crippen LogP contribution in [-0.4, -0.2) is 25.0 Å². The Labute approximate surface area is 172 Å². The summed E-state index contributed by atoms with van der Waals surface area (Å²) in [4.78, 5) is 25.3. The zero-order valence-electron chi connectivity index (χ0n) is 16.3. The minimum atomic E-state index is -0.728. The highest BCUT2D eigenvalue weighted by atomic mass is 16.5. The first kappa shape index (κ1) is 20.4. The van der Waals surface area contributed by atoms with Gasteiger partial charge in [0, 0.05) is 0 Å². The molecule has 0 fully saturated rings. The number of benzene rings is 2. The van der Waals surface area contributed by atoms with Gasteiger partial charge in [-0.05, 0) is 55.0 Å². The second kappa shape index (κ2) is 8.75. The molecule has 0 saturated heterocycles. The van der Waals surface area contributed by atoms with Crippen LogP contribution in [0, 0.1) is 18.3 Å². The van der Waals surface area contributed by atoms with E-state index in [2.05, 4.69) is 10.5 Å². The molecule has 2 aromatic carbocycles. The van der Waals surface area contributed by atoms with Gasteiger partial charge in [0.05, 0.1) is 18.9 Å². The van der Waals surface area contributed by atoms with Crippen LogP contribution in [0.2, 0.25) is 0 Å². The summed E-state index contributed by atoms with van der Waals surface area (Å²) in [5.74, 6) is -0.687. The van der Waals surface area contributed by atoms with E-state index in [4.69, 9.17) is 15.2 Å². The first-order chi connectivity index (χ1) is 14.4. The van der Waals surface area contributed by atoms with Crippen LogP contribution in [0.4, 0.5) is 0 Å². The summed E-state index contributed by atoms with van der Waals surface area (Å²) in [5.41, 5.74) is 9.58. The molecule has 8 nitrogen and oxygen atoms in total. The minimum Gasteiger partial charge on any atom is -0.497 e. The van der Waals surface area contributed by atoms with Crippen molar-refractivity contribution >= 4 is 17.9 Å². The van der Waals surface area contributed by atoms with Crippen molar-refractivity contribution in [3.63, 3.8) is 0 Å². The normalized spacial score (nSPS) is 17.6. The summed E-state index contributed by atoms with van der Waals surface area (Å²) in [6, 6.07) is 13.7. The maximum absolute atomic E-state index is 12.7. The number of aryl methyl sites for hydroxylation is 1. The van der Waals surface area contributed by atoms with E-state index in [-0.39, 0.29) is 28.3 Å². The van der Waals surface area contributed by atoms with Gasteiger partial charge in [-0.25, -0.2) is 5.43 Å². The highest BCUT2D eigenvalue weighted by Gasteiger charge is 2.25. The summed E-state index contributed by atoms with van der Waals surface area (Å²) in [6.45, 7) is 1.81. The van der Waals surface area contributed by atoms with Gasteiger partial charge in [-0.1, -0.05) is 11.6 Å². The third-order valence-electron chi connectivity index (χ3n) is 4.26. The fourth-order valence-electron chi connectivity index (χ4n) is 2.69. The molecule has 0 bridgehead atoms. The van der Waals surface area contributed by atoms with Crippen LogP contribution in [0.1, 0.15) is 21.5 Å². The standard InChI is InChI=1S/C22H18N4O4/c1-13-3-8-19-17(9-13)20(27)15(11-23)10-18(21(24)30-19)22(28)26-25-12-14-4-6-16(29-2)7-5-14/h3-10,12H,24H2,1-2H3,(H,26,28)/b15-10-,21-18+,25-12+. The molecule has 30 heavy (non-hydrogen) atoms. The highest BCUT2D eigenvalue weighted by molar-refractivity contribution is 6.14. The molecular formula is C22H18N4O4. The molecule has 1 aliphatic heterocycles. The largest absolute Gasteiger partial charge is 0.497 e. The van der Waals surface area contributed by atoms with Crippen molar-refractivity contribution in [1.29, 1.82) is 5.26 Å². The molecule has 0 aromatic heterocycles. The summed E-state index contributed by atoms with van der Waals surface area (Å²) >= 11 is 0. The van der Waals surface area contributed by atoms with Gasteiger partial charge in [0.2, 0.25) is 11.7 Å². The summed E-state index contributed by atoms with van der Waals surface area (Å²) in [7, 11) is 1.56. The van der Waals surface area contributed by atoms with Gasteiger partial charge in [0.15, 0.2) is 0 Å². The van der Waals surface area contributed by atoms with E-state index >= 15 is 0 Å². The van der Waals surface area contributed by atoms with Gasteiger partial charge in [-0.2, -0.15) is 10.4 Å². The van der Waals surface area contributed by atoms with Crippen molar-refractivity contribution in [3.05, 3.63) is 82.3 Å². The molecular weight excluding hydrogens is 384 g/mol. The number of ether oxygens (including phenoxy) is 2. The quantitative estimate of drug-likeness (QED) is 0.597. The van der Waals surface area contributed by atoms with E-state index in [1.54, 1.807) is 56.5 Å². The zero-order valence-corrected chi connectivity index (χ0v) is 16.3. The molecule has 3 rings (SSSR count). The molecule has 0 radical (unpaired) electrons. The fraction of sp³-hybridized carbons (Fsp3) is 0.0909. The molecule has 8 heteroatoms.